The predicted molar refractivity (Wildman–Crippen MR) is 77.5 cm³/mol. The van der Waals surface area contributed by atoms with E-state index in [0.717, 1.165) is 39.5 Å². The number of amides is 1. The van der Waals surface area contributed by atoms with Crippen molar-refractivity contribution in [1.29, 1.82) is 0 Å². The van der Waals surface area contributed by atoms with Gasteiger partial charge in [-0.25, -0.2) is 0 Å². The smallest absolute Gasteiger partial charge is 0.271 e. The molecule has 3 rings (SSSR count). The third-order valence-corrected chi connectivity index (χ3v) is 3.53. The van der Waals surface area contributed by atoms with Crippen LogP contribution < -0.4 is 10.6 Å². The molecule has 0 spiro atoms. The number of aromatic nitrogens is 1. The van der Waals surface area contributed by atoms with E-state index in [9.17, 15) is 4.79 Å². The van der Waals surface area contributed by atoms with Crippen molar-refractivity contribution in [2.75, 3.05) is 10.6 Å². The first-order valence-corrected chi connectivity index (χ1v) is 6.32. The van der Waals surface area contributed by atoms with Crippen LogP contribution in [0.15, 0.2) is 28.9 Å². The average molecular weight is 269 g/mol. The number of nitrogens with one attached hydrogen (secondary N) is 2. The van der Waals surface area contributed by atoms with Crippen LogP contribution in [0.4, 0.5) is 11.4 Å². The van der Waals surface area contributed by atoms with Gasteiger partial charge in [0.15, 0.2) is 0 Å². The van der Waals surface area contributed by atoms with Crippen LogP contribution in [0.2, 0.25) is 0 Å². The predicted octanol–water partition coefficient (Wildman–Crippen LogP) is 3.14. The maximum atomic E-state index is 11.7. The second-order valence-electron chi connectivity index (χ2n) is 5.00. The highest BCUT2D eigenvalue weighted by molar-refractivity contribution is 6.13. The number of carbonyl (C=O) groups excluding carboxylic acids is 1. The third kappa shape index (κ3) is 1.79. The SMILES string of the molecule is C=C1Nc2c(cc(C)c(C)c2-c2cc(C)on2)NC1=O. The van der Waals surface area contributed by atoms with E-state index in [1.54, 1.807) is 0 Å². The lowest BCUT2D eigenvalue weighted by atomic mass is 9.96. The van der Waals surface area contributed by atoms with Gasteiger partial charge in [0.25, 0.3) is 5.91 Å². The summed E-state index contributed by atoms with van der Waals surface area (Å²) in [6.07, 6.45) is 0. The first-order chi connectivity index (χ1) is 9.47. The van der Waals surface area contributed by atoms with Crippen molar-refractivity contribution >= 4 is 17.3 Å². The maximum Gasteiger partial charge on any atom is 0.271 e. The highest BCUT2D eigenvalue weighted by Gasteiger charge is 2.24. The number of hydrogen-bond acceptors (Lipinski definition) is 4. The van der Waals surface area contributed by atoms with E-state index in [2.05, 4.69) is 22.4 Å². The molecule has 0 fully saturated rings. The fraction of sp³-hybridized carbons (Fsp3) is 0.200. The van der Waals surface area contributed by atoms with Crippen LogP contribution >= 0.6 is 0 Å². The van der Waals surface area contributed by atoms with Gasteiger partial charge in [-0.15, -0.1) is 0 Å². The van der Waals surface area contributed by atoms with Crippen molar-refractivity contribution in [3.05, 3.63) is 41.3 Å². The zero-order chi connectivity index (χ0) is 14.4. The summed E-state index contributed by atoms with van der Waals surface area (Å²) in [6.45, 7) is 9.59. The molecular weight excluding hydrogens is 254 g/mol. The molecule has 0 bridgehead atoms. The standard InChI is InChI=1S/C15H15N3O2/c1-7-5-12-14(16-10(4)15(19)17-12)13(9(7)3)11-6-8(2)20-18-11/h5-6,16H,4H2,1-3H3,(H,17,19). The molecule has 0 radical (unpaired) electrons. The minimum absolute atomic E-state index is 0.219. The number of nitrogens with zero attached hydrogens (tertiary/aromatic N) is 1. The molecule has 1 amide bonds. The van der Waals surface area contributed by atoms with E-state index in [1.165, 1.54) is 0 Å². The van der Waals surface area contributed by atoms with E-state index >= 15 is 0 Å². The fourth-order valence-electron chi connectivity index (χ4n) is 2.35. The molecule has 0 saturated heterocycles. The van der Waals surface area contributed by atoms with Gasteiger partial charge in [0.2, 0.25) is 0 Å². The second kappa shape index (κ2) is 4.23. The Balaban J connectivity index is 2.28. The Labute approximate surface area is 116 Å². The summed E-state index contributed by atoms with van der Waals surface area (Å²) in [4.78, 5) is 11.7. The molecule has 20 heavy (non-hydrogen) atoms. The van der Waals surface area contributed by atoms with Gasteiger partial charge in [0, 0.05) is 11.6 Å². The van der Waals surface area contributed by atoms with Crippen molar-refractivity contribution in [2.24, 2.45) is 0 Å². The lowest BCUT2D eigenvalue weighted by Crippen LogP contribution is -2.25. The number of rotatable bonds is 1. The van der Waals surface area contributed by atoms with E-state index in [1.807, 2.05) is 32.9 Å². The molecule has 0 aliphatic carbocycles. The Hall–Kier alpha value is -2.56. The molecule has 102 valence electrons. The van der Waals surface area contributed by atoms with Crippen LogP contribution in [0.1, 0.15) is 16.9 Å². The Bertz CT molecular complexity index is 744. The van der Waals surface area contributed by atoms with E-state index in [4.69, 9.17) is 4.52 Å². The van der Waals surface area contributed by atoms with Crippen LogP contribution in [0, 0.1) is 20.8 Å². The van der Waals surface area contributed by atoms with Crippen molar-refractivity contribution in [3.8, 4) is 11.3 Å². The Morgan fingerprint density at radius 3 is 2.60 bits per heavy atom. The largest absolute Gasteiger partial charge is 0.361 e. The highest BCUT2D eigenvalue weighted by atomic mass is 16.5. The van der Waals surface area contributed by atoms with Gasteiger partial charge < -0.3 is 15.2 Å². The highest BCUT2D eigenvalue weighted by Crippen LogP contribution is 2.41. The fourth-order valence-corrected chi connectivity index (χ4v) is 2.35. The van der Waals surface area contributed by atoms with E-state index in [0.29, 0.717) is 5.70 Å². The number of benzene rings is 1. The summed E-state index contributed by atoms with van der Waals surface area (Å²) in [5.74, 6) is 0.524. The molecule has 1 aliphatic rings. The molecule has 2 N–H and O–H groups in total. The molecule has 0 atom stereocenters. The monoisotopic (exact) mass is 269 g/mol. The average Bonchev–Trinajstić information content (AvgIpc) is 2.80. The third-order valence-electron chi connectivity index (χ3n) is 3.53. The molecule has 5 nitrogen and oxygen atoms in total. The van der Waals surface area contributed by atoms with Gasteiger partial charge in [-0.1, -0.05) is 11.7 Å². The van der Waals surface area contributed by atoms with E-state index in [-0.39, 0.29) is 5.91 Å². The Morgan fingerprint density at radius 2 is 1.95 bits per heavy atom. The van der Waals surface area contributed by atoms with Gasteiger partial charge in [0.05, 0.1) is 17.1 Å². The lowest BCUT2D eigenvalue weighted by molar-refractivity contribution is -0.112. The van der Waals surface area contributed by atoms with Crippen molar-refractivity contribution < 1.29 is 9.32 Å². The topological polar surface area (TPSA) is 67.2 Å². The van der Waals surface area contributed by atoms with Crippen LogP contribution in [0.3, 0.4) is 0 Å². The van der Waals surface area contributed by atoms with Gasteiger partial charge in [-0.3, -0.25) is 4.79 Å². The Kier molecular flexibility index (Phi) is 2.64. The summed E-state index contributed by atoms with van der Waals surface area (Å²) >= 11 is 0. The summed E-state index contributed by atoms with van der Waals surface area (Å²) < 4.78 is 5.17. The van der Waals surface area contributed by atoms with Gasteiger partial charge in [-0.2, -0.15) is 0 Å². The minimum atomic E-state index is -0.219. The van der Waals surface area contributed by atoms with E-state index < -0.39 is 0 Å². The maximum absolute atomic E-state index is 11.7. The van der Waals surface area contributed by atoms with Crippen LogP contribution in [-0.2, 0) is 4.79 Å². The minimum Gasteiger partial charge on any atom is -0.361 e. The van der Waals surface area contributed by atoms with Gasteiger partial charge in [-0.05, 0) is 38.0 Å². The zero-order valence-corrected chi connectivity index (χ0v) is 11.6. The molecule has 0 unspecified atom stereocenters. The Morgan fingerprint density at radius 1 is 1.20 bits per heavy atom. The number of fused-ring (bicyclic) bond motifs is 1. The van der Waals surface area contributed by atoms with Gasteiger partial charge in [0.1, 0.15) is 11.5 Å². The van der Waals surface area contributed by atoms with Crippen LogP contribution in [0.5, 0.6) is 0 Å². The molecule has 1 aromatic heterocycles. The van der Waals surface area contributed by atoms with Gasteiger partial charge >= 0.3 is 0 Å². The number of aryl methyl sites for hydroxylation is 2. The summed E-state index contributed by atoms with van der Waals surface area (Å²) in [5, 5.41) is 9.98. The summed E-state index contributed by atoms with van der Waals surface area (Å²) in [6, 6.07) is 3.82. The van der Waals surface area contributed by atoms with Crippen LogP contribution in [0.25, 0.3) is 11.3 Å². The number of hydrogen-bond donors (Lipinski definition) is 2. The molecular formula is C15H15N3O2. The molecule has 1 aromatic carbocycles. The quantitative estimate of drug-likeness (QED) is 0.780. The van der Waals surface area contributed by atoms with Crippen molar-refractivity contribution in [3.63, 3.8) is 0 Å². The number of carbonyl (C=O) groups is 1. The first kappa shape index (κ1) is 12.5. The summed E-state index contributed by atoms with van der Waals surface area (Å²) in [5.41, 5.74) is 5.71. The lowest BCUT2D eigenvalue weighted by Gasteiger charge is -2.24. The van der Waals surface area contributed by atoms with Crippen molar-refractivity contribution in [2.45, 2.75) is 20.8 Å². The normalized spacial score (nSPS) is 13.8. The molecule has 2 heterocycles. The summed E-state index contributed by atoms with van der Waals surface area (Å²) in [7, 11) is 0. The molecule has 2 aromatic rings. The molecule has 5 heteroatoms. The van der Waals surface area contributed by atoms with Crippen LogP contribution in [-0.4, -0.2) is 11.1 Å². The zero-order valence-electron chi connectivity index (χ0n) is 11.6. The molecule has 0 saturated carbocycles. The van der Waals surface area contributed by atoms with Crippen molar-refractivity contribution in [1.82, 2.24) is 5.16 Å². The second-order valence-corrected chi connectivity index (χ2v) is 5.00. The first-order valence-electron chi connectivity index (χ1n) is 6.32. The number of anilines is 2. The molecule has 1 aliphatic heterocycles.